The van der Waals surface area contributed by atoms with Gasteiger partial charge in [-0.25, -0.2) is 19.7 Å². The summed E-state index contributed by atoms with van der Waals surface area (Å²) in [5.41, 5.74) is 0.970. The van der Waals surface area contributed by atoms with Crippen molar-refractivity contribution in [3.05, 3.63) is 42.0 Å². The average molecular weight is 313 g/mol. The summed E-state index contributed by atoms with van der Waals surface area (Å²) in [6, 6.07) is 4.09. The molecule has 120 valence electrons. The highest BCUT2D eigenvalue weighted by Gasteiger charge is 2.11. The van der Waals surface area contributed by atoms with E-state index in [0.717, 1.165) is 24.5 Å². The Labute approximate surface area is 134 Å². The van der Waals surface area contributed by atoms with Crippen LogP contribution in [0.15, 0.2) is 30.7 Å². The topological polar surface area (TPSA) is 91.2 Å². The Hall–Kier alpha value is -2.70. The van der Waals surface area contributed by atoms with Gasteiger partial charge in [0.25, 0.3) is 0 Å². The van der Waals surface area contributed by atoms with Gasteiger partial charge in [-0.05, 0) is 30.9 Å². The summed E-state index contributed by atoms with van der Waals surface area (Å²) in [7, 11) is 0. The van der Waals surface area contributed by atoms with E-state index < -0.39 is 5.97 Å². The van der Waals surface area contributed by atoms with Crippen LogP contribution in [0.25, 0.3) is 0 Å². The van der Waals surface area contributed by atoms with E-state index in [-0.39, 0.29) is 5.69 Å². The number of anilines is 2. The van der Waals surface area contributed by atoms with Crippen LogP contribution in [0.4, 0.5) is 11.6 Å². The molecule has 0 aromatic carbocycles. The SMILES string of the molecule is O=C(O)c1cnc(NCc2ccc(N3CCCCC3)nc2)cn1. The molecular weight excluding hydrogens is 294 g/mol. The van der Waals surface area contributed by atoms with Gasteiger partial charge in [-0.15, -0.1) is 0 Å². The molecule has 0 spiro atoms. The second kappa shape index (κ2) is 7.04. The van der Waals surface area contributed by atoms with Crippen molar-refractivity contribution in [3.8, 4) is 0 Å². The van der Waals surface area contributed by atoms with Crippen LogP contribution in [-0.4, -0.2) is 39.1 Å². The minimum Gasteiger partial charge on any atom is -0.476 e. The summed E-state index contributed by atoms with van der Waals surface area (Å²) in [6.07, 6.45) is 8.28. The number of aromatic nitrogens is 3. The van der Waals surface area contributed by atoms with Gasteiger partial charge in [0.2, 0.25) is 0 Å². The first-order valence-electron chi connectivity index (χ1n) is 7.71. The van der Waals surface area contributed by atoms with Crippen molar-refractivity contribution in [2.75, 3.05) is 23.3 Å². The van der Waals surface area contributed by atoms with Crippen LogP contribution in [0.2, 0.25) is 0 Å². The maximum atomic E-state index is 10.7. The molecule has 0 unspecified atom stereocenters. The molecule has 0 aliphatic carbocycles. The summed E-state index contributed by atoms with van der Waals surface area (Å²) in [4.78, 5) is 25.4. The Bertz CT molecular complexity index is 651. The number of carboxylic acid groups (broad SMARTS) is 1. The van der Waals surface area contributed by atoms with Gasteiger partial charge in [0.15, 0.2) is 5.69 Å². The number of nitrogens with one attached hydrogen (secondary N) is 1. The third-order valence-electron chi connectivity index (χ3n) is 3.83. The van der Waals surface area contributed by atoms with E-state index in [1.807, 2.05) is 18.3 Å². The normalized spacial score (nSPS) is 14.5. The first kappa shape index (κ1) is 15.2. The minimum absolute atomic E-state index is 0.0666. The minimum atomic E-state index is -1.08. The molecule has 23 heavy (non-hydrogen) atoms. The number of rotatable bonds is 5. The largest absolute Gasteiger partial charge is 0.476 e. The first-order chi connectivity index (χ1) is 11.2. The quantitative estimate of drug-likeness (QED) is 0.874. The fraction of sp³-hybridized carbons (Fsp3) is 0.375. The summed E-state index contributed by atoms with van der Waals surface area (Å²) >= 11 is 0. The molecule has 7 heteroatoms. The van der Waals surface area contributed by atoms with Crippen molar-refractivity contribution in [3.63, 3.8) is 0 Å². The van der Waals surface area contributed by atoms with E-state index >= 15 is 0 Å². The van der Waals surface area contributed by atoms with E-state index in [9.17, 15) is 4.79 Å². The first-order valence-corrected chi connectivity index (χ1v) is 7.71. The predicted molar refractivity (Wildman–Crippen MR) is 86.6 cm³/mol. The maximum Gasteiger partial charge on any atom is 0.356 e. The second-order valence-electron chi connectivity index (χ2n) is 5.52. The van der Waals surface area contributed by atoms with Gasteiger partial charge in [0, 0.05) is 25.8 Å². The fourth-order valence-corrected chi connectivity index (χ4v) is 2.55. The zero-order valence-electron chi connectivity index (χ0n) is 12.8. The standard InChI is InChI=1S/C16H19N5O2/c22-16(23)13-10-19-14(11-17-13)18-8-12-4-5-15(20-9-12)21-6-2-1-3-7-21/h4-5,9-11H,1-3,6-8H2,(H,18,19)(H,22,23). The van der Waals surface area contributed by atoms with E-state index in [4.69, 9.17) is 5.11 Å². The maximum absolute atomic E-state index is 10.7. The zero-order valence-corrected chi connectivity index (χ0v) is 12.8. The van der Waals surface area contributed by atoms with E-state index in [0.29, 0.717) is 12.4 Å². The van der Waals surface area contributed by atoms with Crippen LogP contribution < -0.4 is 10.2 Å². The third kappa shape index (κ3) is 3.94. The van der Waals surface area contributed by atoms with Gasteiger partial charge in [-0.1, -0.05) is 6.07 Å². The van der Waals surface area contributed by atoms with Crippen LogP contribution >= 0.6 is 0 Å². The molecule has 7 nitrogen and oxygen atoms in total. The molecule has 1 fully saturated rings. The van der Waals surface area contributed by atoms with Crippen LogP contribution in [0.5, 0.6) is 0 Å². The molecule has 1 aliphatic heterocycles. The number of piperidine rings is 1. The lowest BCUT2D eigenvalue weighted by Crippen LogP contribution is -2.30. The molecule has 3 rings (SSSR count). The van der Waals surface area contributed by atoms with Crippen LogP contribution in [0.3, 0.4) is 0 Å². The van der Waals surface area contributed by atoms with E-state index in [1.54, 1.807) is 0 Å². The highest BCUT2D eigenvalue weighted by atomic mass is 16.4. The summed E-state index contributed by atoms with van der Waals surface area (Å²) < 4.78 is 0. The van der Waals surface area contributed by atoms with Gasteiger partial charge in [-0.2, -0.15) is 0 Å². The molecule has 0 saturated carbocycles. The number of nitrogens with zero attached hydrogens (tertiary/aromatic N) is 4. The number of aromatic carboxylic acids is 1. The lowest BCUT2D eigenvalue weighted by molar-refractivity contribution is 0.0690. The van der Waals surface area contributed by atoms with E-state index in [2.05, 4.69) is 25.2 Å². The van der Waals surface area contributed by atoms with Crippen molar-refractivity contribution >= 4 is 17.6 Å². The Morgan fingerprint density at radius 2 is 1.91 bits per heavy atom. The van der Waals surface area contributed by atoms with Gasteiger partial charge in [-0.3, -0.25) is 0 Å². The van der Waals surface area contributed by atoms with Gasteiger partial charge in [0.1, 0.15) is 11.6 Å². The smallest absolute Gasteiger partial charge is 0.356 e. The monoisotopic (exact) mass is 313 g/mol. The fourth-order valence-electron chi connectivity index (χ4n) is 2.55. The number of hydrogen-bond acceptors (Lipinski definition) is 6. The number of hydrogen-bond donors (Lipinski definition) is 2. The highest BCUT2D eigenvalue weighted by molar-refractivity contribution is 5.84. The second-order valence-corrected chi connectivity index (χ2v) is 5.52. The molecule has 2 aromatic heterocycles. The van der Waals surface area contributed by atoms with Crippen molar-refractivity contribution in [1.82, 2.24) is 15.0 Å². The lowest BCUT2D eigenvalue weighted by Gasteiger charge is -2.27. The summed E-state index contributed by atoms with van der Waals surface area (Å²) in [6.45, 7) is 2.72. The van der Waals surface area contributed by atoms with Crippen molar-refractivity contribution in [2.45, 2.75) is 25.8 Å². The molecular formula is C16H19N5O2. The van der Waals surface area contributed by atoms with Crippen LogP contribution in [0, 0.1) is 0 Å². The Morgan fingerprint density at radius 1 is 1.09 bits per heavy atom. The number of pyridine rings is 1. The highest BCUT2D eigenvalue weighted by Crippen LogP contribution is 2.17. The van der Waals surface area contributed by atoms with Gasteiger partial charge < -0.3 is 15.3 Å². The Balaban J connectivity index is 1.56. The molecule has 1 saturated heterocycles. The molecule has 0 amide bonds. The predicted octanol–water partition coefficient (Wildman–Crippen LogP) is 2.17. The molecule has 0 radical (unpaired) electrons. The van der Waals surface area contributed by atoms with Crippen molar-refractivity contribution in [1.29, 1.82) is 0 Å². The number of carbonyl (C=O) groups is 1. The average Bonchev–Trinajstić information content (AvgIpc) is 2.61. The molecule has 0 bridgehead atoms. The van der Waals surface area contributed by atoms with Crippen LogP contribution in [-0.2, 0) is 6.54 Å². The molecule has 1 aliphatic rings. The van der Waals surface area contributed by atoms with Crippen molar-refractivity contribution in [2.24, 2.45) is 0 Å². The van der Waals surface area contributed by atoms with Crippen molar-refractivity contribution < 1.29 is 9.90 Å². The zero-order chi connectivity index (χ0) is 16.1. The molecule has 0 atom stereocenters. The Morgan fingerprint density at radius 3 is 2.52 bits per heavy atom. The molecule has 3 heterocycles. The van der Waals surface area contributed by atoms with Gasteiger partial charge in [0.05, 0.1) is 12.4 Å². The summed E-state index contributed by atoms with van der Waals surface area (Å²) in [5.74, 6) is 0.482. The van der Waals surface area contributed by atoms with Crippen LogP contribution in [0.1, 0.15) is 35.3 Å². The molecule has 2 aromatic rings. The number of carboxylic acids is 1. The lowest BCUT2D eigenvalue weighted by atomic mass is 10.1. The van der Waals surface area contributed by atoms with Gasteiger partial charge >= 0.3 is 5.97 Å². The molecule has 2 N–H and O–H groups in total. The van der Waals surface area contributed by atoms with E-state index in [1.165, 1.54) is 31.7 Å². The Kier molecular flexibility index (Phi) is 4.65. The summed E-state index contributed by atoms with van der Waals surface area (Å²) in [5, 5.41) is 11.9. The third-order valence-corrected chi connectivity index (χ3v) is 3.83.